The van der Waals surface area contributed by atoms with Crippen LogP contribution in [-0.2, 0) is 12.8 Å². The minimum atomic E-state index is 0.224. The number of hydrogen-bond acceptors (Lipinski definition) is 5. The second-order valence-electron chi connectivity index (χ2n) is 8.43. The third-order valence-electron chi connectivity index (χ3n) is 6.20. The van der Waals surface area contributed by atoms with E-state index in [0.29, 0.717) is 24.0 Å². The molecule has 1 aliphatic rings. The molecule has 0 bridgehead atoms. The quantitative estimate of drug-likeness (QED) is 0.492. The number of nitrogens with zero attached hydrogens (tertiary/aromatic N) is 1. The van der Waals surface area contributed by atoms with E-state index in [1.807, 2.05) is 42.5 Å². The highest BCUT2D eigenvalue weighted by atomic mass is 16.5. The number of rotatable bonds is 8. The summed E-state index contributed by atoms with van der Waals surface area (Å²) in [5.74, 6) is 3.08. The molecule has 1 aliphatic carbocycles. The highest BCUT2D eigenvalue weighted by Gasteiger charge is 2.24. The molecule has 0 saturated carbocycles. The average molecular weight is 434 g/mol. The Kier molecular flexibility index (Phi) is 6.86. The molecule has 0 fully saturated rings. The smallest absolute Gasteiger partial charge is 0.134 e. The molecule has 32 heavy (non-hydrogen) atoms. The van der Waals surface area contributed by atoms with Crippen LogP contribution in [0.1, 0.15) is 36.0 Å². The Hall–Kier alpha value is -3.18. The van der Waals surface area contributed by atoms with Gasteiger partial charge in [0.2, 0.25) is 0 Å². The van der Waals surface area contributed by atoms with E-state index in [-0.39, 0.29) is 11.5 Å². The second-order valence-corrected chi connectivity index (χ2v) is 8.43. The Morgan fingerprint density at radius 1 is 0.938 bits per heavy atom. The zero-order valence-corrected chi connectivity index (χ0v) is 18.8. The van der Waals surface area contributed by atoms with Crippen LogP contribution in [0.5, 0.6) is 28.7 Å². The van der Waals surface area contributed by atoms with E-state index in [1.54, 1.807) is 18.2 Å². The van der Waals surface area contributed by atoms with Gasteiger partial charge in [0, 0.05) is 12.6 Å². The summed E-state index contributed by atoms with van der Waals surface area (Å²) >= 11 is 0. The topological polar surface area (TPSA) is 62.2 Å². The fraction of sp³-hybridized carbons (Fsp3) is 0.333. The number of benzene rings is 3. The van der Waals surface area contributed by atoms with Crippen LogP contribution < -0.4 is 9.47 Å². The maximum atomic E-state index is 10.2. The van der Waals surface area contributed by atoms with Crippen molar-refractivity contribution >= 4 is 0 Å². The molecule has 0 aliphatic heterocycles. The molecule has 2 N–H and O–H groups in total. The van der Waals surface area contributed by atoms with E-state index in [0.717, 1.165) is 49.2 Å². The summed E-state index contributed by atoms with van der Waals surface area (Å²) in [5, 5.41) is 19.8. The van der Waals surface area contributed by atoms with Crippen molar-refractivity contribution in [2.45, 2.75) is 32.1 Å². The van der Waals surface area contributed by atoms with Gasteiger partial charge in [-0.3, -0.25) is 0 Å². The van der Waals surface area contributed by atoms with Gasteiger partial charge in [0.25, 0.3) is 0 Å². The standard InChI is InChI=1S/C27H31NO4/c1-3-28(2)14-15-31-24-10-12-25(13-11-24)32-27-18-23(30)16-21-5-4-20(17-26(21)27)19-6-8-22(29)9-7-19/h6-13,16,18,20,29-30H,3-5,14-15,17H2,1-2H3. The molecule has 3 aromatic rings. The van der Waals surface area contributed by atoms with Crippen molar-refractivity contribution < 1.29 is 19.7 Å². The second kappa shape index (κ2) is 9.96. The number of aryl methyl sites for hydroxylation is 1. The maximum Gasteiger partial charge on any atom is 0.134 e. The van der Waals surface area contributed by atoms with Gasteiger partial charge in [-0.05, 0) is 97.9 Å². The number of hydrogen-bond donors (Lipinski definition) is 2. The molecule has 0 aromatic heterocycles. The number of ether oxygens (including phenoxy) is 2. The van der Waals surface area contributed by atoms with Crippen LogP contribution in [0, 0.1) is 0 Å². The van der Waals surface area contributed by atoms with Gasteiger partial charge in [-0.2, -0.15) is 0 Å². The lowest BCUT2D eigenvalue weighted by Gasteiger charge is -2.27. The number of aromatic hydroxyl groups is 2. The van der Waals surface area contributed by atoms with Crippen molar-refractivity contribution in [1.29, 1.82) is 0 Å². The van der Waals surface area contributed by atoms with Crippen LogP contribution in [0.3, 0.4) is 0 Å². The minimum absolute atomic E-state index is 0.224. The van der Waals surface area contributed by atoms with Crippen LogP contribution in [0.4, 0.5) is 0 Å². The van der Waals surface area contributed by atoms with Gasteiger partial charge in [-0.25, -0.2) is 0 Å². The zero-order chi connectivity index (χ0) is 22.5. The summed E-state index contributed by atoms with van der Waals surface area (Å²) in [6, 6.07) is 18.6. The molecule has 0 spiro atoms. The molecule has 0 saturated heterocycles. The van der Waals surface area contributed by atoms with Gasteiger partial charge in [0.1, 0.15) is 35.4 Å². The lowest BCUT2D eigenvalue weighted by atomic mass is 9.79. The van der Waals surface area contributed by atoms with Crippen LogP contribution >= 0.6 is 0 Å². The van der Waals surface area contributed by atoms with Gasteiger partial charge < -0.3 is 24.6 Å². The molecule has 4 rings (SSSR count). The number of likely N-dealkylation sites (N-methyl/N-ethyl adjacent to an activating group) is 1. The highest BCUT2D eigenvalue weighted by Crippen LogP contribution is 2.41. The van der Waals surface area contributed by atoms with Gasteiger partial charge in [0.05, 0.1) is 0 Å². The van der Waals surface area contributed by atoms with E-state index < -0.39 is 0 Å². The highest BCUT2D eigenvalue weighted by molar-refractivity contribution is 5.50. The predicted octanol–water partition coefficient (Wildman–Crippen LogP) is 5.49. The third kappa shape index (κ3) is 5.35. The molecule has 0 radical (unpaired) electrons. The van der Waals surface area contributed by atoms with Crippen LogP contribution in [-0.4, -0.2) is 41.9 Å². The summed E-state index contributed by atoms with van der Waals surface area (Å²) in [6.07, 6.45) is 2.71. The largest absolute Gasteiger partial charge is 0.508 e. The SMILES string of the molecule is CCN(C)CCOc1ccc(Oc2cc(O)cc3c2CC(c2ccc(O)cc2)CC3)cc1. The summed E-state index contributed by atoms with van der Waals surface area (Å²) < 4.78 is 12.0. The molecule has 0 heterocycles. The van der Waals surface area contributed by atoms with E-state index in [2.05, 4.69) is 18.9 Å². The zero-order valence-electron chi connectivity index (χ0n) is 18.8. The number of fused-ring (bicyclic) bond motifs is 1. The van der Waals surface area contributed by atoms with Crippen molar-refractivity contribution in [3.63, 3.8) is 0 Å². The fourth-order valence-corrected chi connectivity index (χ4v) is 4.15. The first-order valence-corrected chi connectivity index (χ1v) is 11.2. The Balaban J connectivity index is 1.47. The molecule has 1 atom stereocenters. The Labute approximate surface area is 189 Å². The average Bonchev–Trinajstić information content (AvgIpc) is 2.80. The van der Waals surface area contributed by atoms with Crippen molar-refractivity contribution in [3.8, 4) is 28.7 Å². The summed E-state index contributed by atoms with van der Waals surface area (Å²) in [4.78, 5) is 2.20. The molecule has 0 amide bonds. The van der Waals surface area contributed by atoms with E-state index >= 15 is 0 Å². The molecule has 5 nitrogen and oxygen atoms in total. The number of phenolic OH excluding ortho intramolecular Hbond substituents is 2. The predicted molar refractivity (Wildman–Crippen MR) is 126 cm³/mol. The van der Waals surface area contributed by atoms with Crippen molar-refractivity contribution in [1.82, 2.24) is 4.90 Å². The maximum absolute atomic E-state index is 10.2. The first-order valence-electron chi connectivity index (χ1n) is 11.2. The molecule has 3 aromatic carbocycles. The van der Waals surface area contributed by atoms with Crippen LogP contribution in [0.25, 0.3) is 0 Å². The van der Waals surface area contributed by atoms with Crippen LogP contribution in [0.15, 0.2) is 60.7 Å². The van der Waals surface area contributed by atoms with E-state index in [1.165, 1.54) is 5.56 Å². The lowest BCUT2D eigenvalue weighted by Crippen LogP contribution is -2.23. The Morgan fingerprint density at radius 2 is 1.66 bits per heavy atom. The molecular formula is C27H31NO4. The number of phenols is 2. The lowest BCUT2D eigenvalue weighted by molar-refractivity contribution is 0.243. The van der Waals surface area contributed by atoms with E-state index in [4.69, 9.17) is 9.47 Å². The van der Waals surface area contributed by atoms with Crippen LogP contribution in [0.2, 0.25) is 0 Å². The van der Waals surface area contributed by atoms with Gasteiger partial charge in [0.15, 0.2) is 0 Å². The van der Waals surface area contributed by atoms with Crippen molar-refractivity contribution in [3.05, 3.63) is 77.4 Å². The fourth-order valence-electron chi connectivity index (χ4n) is 4.15. The summed E-state index contributed by atoms with van der Waals surface area (Å²) in [5.41, 5.74) is 3.48. The van der Waals surface area contributed by atoms with Gasteiger partial charge in [-0.15, -0.1) is 0 Å². The minimum Gasteiger partial charge on any atom is -0.508 e. The summed E-state index contributed by atoms with van der Waals surface area (Å²) in [7, 11) is 2.07. The monoisotopic (exact) mass is 433 g/mol. The van der Waals surface area contributed by atoms with Gasteiger partial charge >= 0.3 is 0 Å². The van der Waals surface area contributed by atoms with E-state index in [9.17, 15) is 10.2 Å². The molecule has 168 valence electrons. The first kappa shape index (κ1) is 22.0. The Bertz CT molecular complexity index is 1030. The summed E-state index contributed by atoms with van der Waals surface area (Å²) in [6.45, 7) is 4.65. The first-order chi connectivity index (χ1) is 15.5. The Morgan fingerprint density at radius 3 is 2.38 bits per heavy atom. The third-order valence-corrected chi connectivity index (χ3v) is 6.20. The molecular weight excluding hydrogens is 402 g/mol. The normalized spacial score (nSPS) is 15.4. The molecule has 5 heteroatoms. The molecule has 1 unspecified atom stereocenters. The van der Waals surface area contributed by atoms with Gasteiger partial charge in [-0.1, -0.05) is 19.1 Å². The van der Waals surface area contributed by atoms with Crippen molar-refractivity contribution in [2.24, 2.45) is 0 Å². The van der Waals surface area contributed by atoms with Crippen molar-refractivity contribution in [2.75, 3.05) is 26.7 Å².